The number of halogens is 2. The van der Waals surface area contributed by atoms with Crippen LogP contribution in [0.5, 0.6) is 5.75 Å². The van der Waals surface area contributed by atoms with Crippen molar-refractivity contribution in [1.29, 1.82) is 0 Å². The molecule has 1 aliphatic heterocycles. The van der Waals surface area contributed by atoms with Gasteiger partial charge < -0.3 is 4.74 Å². The second-order valence-corrected chi connectivity index (χ2v) is 6.04. The van der Waals surface area contributed by atoms with Crippen molar-refractivity contribution < 1.29 is 13.9 Å². The van der Waals surface area contributed by atoms with Crippen LogP contribution in [-0.2, 0) is 12.8 Å². The fourth-order valence-electron chi connectivity index (χ4n) is 2.51. The van der Waals surface area contributed by atoms with E-state index in [1.54, 1.807) is 6.07 Å². The first kappa shape index (κ1) is 14.3. The van der Waals surface area contributed by atoms with Gasteiger partial charge in [0, 0.05) is 22.9 Å². The zero-order chi connectivity index (χ0) is 14.8. The van der Waals surface area contributed by atoms with E-state index in [1.165, 1.54) is 17.7 Å². The molecule has 2 aromatic carbocycles. The fraction of sp³-hybridized carbons (Fsp3) is 0.235. The van der Waals surface area contributed by atoms with Crippen LogP contribution >= 0.6 is 15.9 Å². The number of carbonyl (C=O) groups is 1. The van der Waals surface area contributed by atoms with Crippen LogP contribution in [-0.4, -0.2) is 12.4 Å². The van der Waals surface area contributed by atoms with Crippen molar-refractivity contribution in [3.05, 3.63) is 63.4 Å². The highest BCUT2D eigenvalue weighted by Gasteiger charge is 2.13. The maximum atomic E-state index is 13.3. The van der Waals surface area contributed by atoms with Crippen LogP contribution in [0.3, 0.4) is 0 Å². The van der Waals surface area contributed by atoms with E-state index in [1.807, 2.05) is 12.1 Å². The molecule has 0 N–H and O–H groups in total. The number of ketones is 1. The maximum absolute atomic E-state index is 13.3. The van der Waals surface area contributed by atoms with Gasteiger partial charge in [-0.15, -0.1) is 0 Å². The van der Waals surface area contributed by atoms with Crippen molar-refractivity contribution >= 4 is 21.7 Å². The van der Waals surface area contributed by atoms with Gasteiger partial charge >= 0.3 is 0 Å². The van der Waals surface area contributed by atoms with Crippen molar-refractivity contribution in [2.75, 3.05) is 6.61 Å². The molecule has 3 rings (SSSR count). The highest BCUT2D eigenvalue weighted by atomic mass is 79.9. The molecule has 0 spiro atoms. The van der Waals surface area contributed by atoms with Gasteiger partial charge in [0.2, 0.25) is 0 Å². The molecule has 0 bridgehead atoms. The lowest BCUT2D eigenvalue weighted by Gasteiger charge is -2.05. The molecule has 0 atom stereocenters. The summed E-state index contributed by atoms with van der Waals surface area (Å²) in [4.78, 5) is 12.1. The second-order valence-electron chi connectivity index (χ2n) is 5.12. The Hall–Kier alpha value is -1.68. The molecule has 0 aliphatic carbocycles. The topological polar surface area (TPSA) is 26.3 Å². The zero-order valence-electron chi connectivity index (χ0n) is 11.4. The number of benzene rings is 2. The Morgan fingerprint density at radius 3 is 2.90 bits per heavy atom. The lowest BCUT2D eigenvalue weighted by atomic mass is 10.0. The Labute approximate surface area is 131 Å². The number of rotatable bonds is 4. The number of carbonyl (C=O) groups excluding carboxylic acids is 1. The van der Waals surface area contributed by atoms with Gasteiger partial charge in [-0.25, -0.2) is 4.39 Å². The third-order valence-corrected chi connectivity index (χ3v) is 4.04. The molecule has 0 radical (unpaired) electrons. The Morgan fingerprint density at radius 1 is 1.24 bits per heavy atom. The van der Waals surface area contributed by atoms with E-state index in [-0.39, 0.29) is 5.78 Å². The molecular formula is C17H14BrFO2. The lowest BCUT2D eigenvalue weighted by molar-refractivity contribution is 0.0982. The zero-order valence-corrected chi connectivity index (χ0v) is 13.0. The summed E-state index contributed by atoms with van der Waals surface area (Å²) in [5.74, 6) is 0.494. The minimum atomic E-state index is -0.401. The molecule has 21 heavy (non-hydrogen) atoms. The van der Waals surface area contributed by atoms with Crippen molar-refractivity contribution in [1.82, 2.24) is 0 Å². The van der Waals surface area contributed by atoms with Crippen LogP contribution in [0.2, 0.25) is 0 Å². The molecule has 0 amide bonds. The smallest absolute Gasteiger partial charge is 0.163 e. The van der Waals surface area contributed by atoms with Gasteiger partial charge in [-0.3, -0.25) is 4.79 Å². The van der Waals surface area contributed by atoms with Crippen LogP contribution < -0.4 is 4.74 Å². The van der Waals surface area contributed by atoms with Crippen molar-refractivity contribution in [2.24, 2.45) is 0 Å². The molecule has 108 valence electrons. The molecule has 1 heterocycles. The number of hydrogen-bond donors (Lipinski definition) is 0. The average Bonchev–Trinajstić information content (AvgIpc) is 2.91. The third kappa shape index (κ3) is 3.32. The van der Waals surface area contributed by atoms with Crippen LogP contribution in [0.25, 0.3) is 0 Å². The number of ether oxygens (including phenoxy) is 1. The monoisotopic (exact) mass is 348 g/mol. The minimum absolute atomic E-state index is 0.0491. The molecule has 2 aromatic rings. The molecule has 0 fully saturated rings. The van der Waals surface area contributed by atoms with Crippen molar-refractivity contribution in [3.63, 3.8) is 0 Å². The van der Waals surface area contributed by atoms with Crippen molar-refractivity contribution in [2.45, 2.75) is 19.3 Å². The predicted molar refractivity (Wildman–Crippen MR) is 82.4 cm³/mol. The maximum Gasteiger partial charge on any atom is 0.163 e. The number of aryl methyl sites for hydroxylation is 1. The summed E-state index contributed by atoms with van der Waals surface area (Å²) >= 11 is 3.20. The first-order valence-electron chi connectivity index (χ1n) is 6.86. The van der Waals surface area contributed by atoms with E-state index in [9.17, 15) is 9.18 Å². The third-order valence-electron chi connectivity index (χ3n) is 3.58. The van der Waals surface area contributed by atoms with Gasteiger partial charge in [-0.2, -0.15) is 0 Å². The van der Waals surface area contributed by atoms with E-state index in [4.69, 9.17) is 4.74 Å². The summed E-state index contributed by atoms with van der Waals surface area (Å²) in [5, 5.41) is 0. The van der Waals surface area contributed by atoms with Crippen LogP contribution in [0.15, 0.2) is 40.9 Å². The number of hydrogen-bond acceptors (Lipinski definition) is 2. The van der Waals surface area contributed by atoms with E-state index >= 15 is 0 Å². The summed E-state index contributed by atoms with van der Waals surface area (Å²) in [5.41, 5.74) is 2.72. The van der Waals surface area contributed by atoms with Gasteiger partial charge in [0.25, 0.3) is 0 Å². The Morgan fingerprint density at radius 2 is 2.10 bits per heavy atom. The lowest BCUT2D eigenvalue weighted by Crippen LogP contribution is -2.02. The Bertz CT molecular complexity index is 677. The van der Waals surface area contributed by atoms with Crippen molar-refractivity contribution in [3.8, 4) is 5.75 Å². The highest BCUT2D eigenvalue weighted by Crippen LogP contribution is 2.26. The molecule has 0 saturated carbocycles. The van der Waals surface area contributed by atoms with E-state index in [0.29, 0.717) is 22.9 Å². The van der Waals surface area contributed by atoms with Gasteiger partial charge in [0.1, 0.15) is 11.6 Å². The van der Waals surface area contributed by atoms with E-state index < -0.39 is 5.82 Å². The average molecular weight is 349 g/mol. The quantitative estimate of drug-likeness (QED) is 0.768. The SMILES string of the molecule is O=C(CCc1ccc2c(c1)CCO2)c1cc(F)cc(Br)c1. The summed E-state index contributed by atoms with van der Waals surface area (Å²) in [7, 11) is 0. The largest absolute Gasteiger partial charge is 0.493 e. The predicted octanol–water partition coefficient (Wildman–Crippen LogP) is 4.34. The summed E-state index contributed by atoms with van der Waals surface area (Å²) < 4.78 is 19.4. The Balaban J connectivity index is 1.68. The highest BCUT2D eigenvalue weighted by molar-refractivity contribution is 9.10. The van der Waals surface area contributed by atoms with Gasteiger partial charge in [0.05, 0.1) is 6.61 Å². The summed E-state index contributed by atoms with van der Waals surface area (Å²) in [6.07, 6.45) is 1.95. The Kier molecular flexibility index (Phi) is 4.06. The molecule has 1 aliphatic rings. The molecule has 0 unspecified atom stereocenters. The van der Waals surface area contributed by atoms with E-state index in [2.05, 4.69) is 22.0 Å². The van der Waals surface area contributed by atoms with Crippen LogP contribution in [0.4, 0.5) is 4.39 Å². The minimum Gasteiger partial charge on any atom is -0.493 e. The fourth-order valence-corrected chi connectivity index (χ4v) is 2.98. The summed E-state index contributed by atoms with van der Waals surface area (Å²) in [6.45, 7) is 0.731. The molecule has 0 saturated heterocycles. The molecule has 0 aromatic heterocycles. The number of fused-ring (bicyclic) bond motifs is 1. The first-order valence-corrected chi connectivity index (χ1v) is 7.65. The summed E-state index contributed by atoms with van der Waals surface area (Å²) in [6, 6.07) is 10.3. The molecule has 4 heteroatoms. The van der Waals surface area contributed by atoms with Crippen LogP contribution in [0.1, 0.15) is 27.9 Å². The van der Waals surface area contributed by atoms with E-state index in [0.717, 1.165) is 24.3 Å². The van der Waals surface area contributed by atoms with Gasteiger partial charge in [-0.05, 0) is 41.8 Å². The molecule has 2 nitrogen and oxygen atoms in total. The normalized spacial score (nSPS) is 12.9. The van der Waals surface area contributed by atoms with Gasteiger partial charge in [0.15, 0.2) is 5.78 Å². The molecular weight excluding hydrogens is 335 g/mol. The first-order chi connectivity index (χ1) is 10.1. The second kappa shape index (κ2) is 5.98. The standard InChI is InChI=1S/C17H14BrFO2/c18-14-8-13(9-15(19)10-14)16(20)3-1-11-2-4-17-12(7-11)5-6-21-17/h2,4,7-10H,1,3,5-6H2. The van der Waals surface area contributed by atoms with Crippen LogP contribution in [0, 0.1) is 5.82 Å². The number of Topliss-reactive ketones (excluding diaryl/α,β-unsaturated/α-hetero) is 1. The van der Waals surface area contributed by atoms with Gasteiger partial charge in [-0.1, -0.05) is 28.1 Å².